The highest BCUT2D eigenvalue weighted by Crippen LogP contribution is 2.54. The average Bonchev–Trinajstić information content (AvgIpc) is 3.44. The molecule has 0 fully saturated rings. The van der Waals surface area contributed by atoms with Crippen LogP contribution in [0.3, 0.4) is 0 Å². The van der Waals surface area contributed by atoms with Crippen LogP contribution in [0.4, 0.5) is 0 Å². The monoisotopic (exact) mass is 487 g/mol. The molecule has 5 aromatic carbocycles. The van der Waals surface area contributed by atoms with Crippen LogP contribution in [0.5, 0.6) is 0 Å². The van der Waals surface area contributed by atoms with E-state index in [9.17, 15) is 0 Å². The van der Waals surface area contributed by atoms with Crippen molar-refractivity contribution in [3.63, 3.8) is 0 Å². The standard InChI is InChI=1S/C35H25N3/c1-35(2)27-18-10-8-16-25(27)33-31(35)30-24-15-7-6-12-22(24)20-21-29(30)38(33)34-36-28-19-11-9-17-26(28)32(37-34)23-13-4-3-5-14-23/h3-21H,1-2H3. The molecule has 0 spiro atoms. The lowest BCUT2D eigenvalue weighted by molar-refractivity contribution is 0.666. The number of benzene rings is 5. The summed E-state index contributed by atoms with van der Waals surface area (Å²) in [4.78, 5) is 10.5. The van der Waals surface area contributed by atoms with Gasteiger partial charge in [0, 0.05) is 27.3 Å². The van der Waals surface area contributed by atoms with Gasteiger partial charge in [-0.05, 0) is 34.0 Å². The molecule has 1 aliphatic rings. The maximum Gasteiger partial charge on any atom is 0.235 e. The first-order valence-corrected chi connectivity index (χ1v) is 13.1. The molecule has 0 bridgehead atoms. The molecule has 0 amide bonds. The molecule has 1 aliphatic carbocycles. The van der Waals surface area contributed by atoms with E-state index in [1.54, 1.807) is 0 Å². The van der Waals surface area contributed by atoms with Gasteiger partial charge in [-0.1, -0.05) is 117 Å². The van der Waals surface area contributed by atoms with Gasteiger partial charge in [-0.2, -0.15) is 0 Å². The minimum absolute atomic E-state index is 0.154. The highest BCUT2D eigenvalue weighted by atomic mass is 15.2. The molecule has 0 aliphatic heterocycles. The van der Waals surface area contributed by atoms with E-state index in [1.165, 1.54) is 38.5 Å². The molecule has 7 aromatic rings. The molecule has 8 rings (SSSR count). The molecule has 0 saturated carbocycles. The highest BCUT2D eigenvalue weighted by Gasteiger charge is 2.41. The van der Waals surface area contributed by atoms with Gasteiger partial charge in [-0.15, -0.1) is 0 Å². The normalized spacial score (nSPS) is 13.7. The van der Waals surface area contributed by atoms with E-state index >= 15 is 0 Å². The third kappa shape index (κ3) is 2.79. The fourth-order valence-electron chi connectivity index (χ4n) is 6.48. The average molecular weight is 488 g/mol. The van der Waals surface area contributed by atoms with Crippen LogP contribution in [0.2, 0.25) is 0 Å². The summed E-state index contributed by atoms with van der Waals surface area (Å²) in [5, 5.41) is 4.86. The van der Waals surface area contributed by atoms with Crippen molar-refractivity contribution in [3.05, 3.63) is 126 Å². The van der Waals surface area contributed by atoms with Gasteiger partial charge in [0.15, 0.2) is 0 Å². The Bertz CT molecular complexity index is 2050. The topological polar surface area (TPSA) is 30.7 Å². The van der Waals surface area contributed by atoms with Crippen LogP contribution in [0.1, 0.15) is 25.0 Å². The zero-order chi connectivity index (χ0) is 25.4. The van der Waals surface area contributed by atoms with Crippen molar-refractivity contribution in [3.8, 4) is 28.5 Å². The first-order valence-electron chi connectivity index (χ1n) is 13.1. The van der Waals surface area contributed by atoms with E-state index in [1.807, 2.05) is 6.07 Å². The molecular weight excluding hydrogens is 462 g/mol. The van der Waals surface area contributed by atoms with Gasteiger partial charge in [0.05, 0.1) is 22.4 Å². The Hall–Kier alpha value is -4.76. The Morgan fingerprint density at radius 1 is 0.632 bits per heavy atom. The third-order valence-corrected chi connectivity index (χ3v) is 8.18. The third-order valence-electron chi connectivity index (χ3n) is 8.18. The highest BCUT2D eigenvalue weighted by molar-refractivity contribution is 6.13. The van der Waals surface area contributed by atoms with Crippen LogP contribution in [0.25, 0.3) is 61.0 Å². The smallest absolute Gasteiger partial charge is 0.235 e. The first kappa shape index (κ1) is 21.3. The number of rotatable bonds is 2. The van der Waals surface area contributed by atoms with Crippen molar-refractivity contribution < 1.29 is 0 Å². The minimum atomic E-state index is -0.154. The van der Waals surface area contributed by atoms with Crippen molar-refractivity contribution in [2.75, 3.05) is 0 Å². The van der Waals surface area contributed by atoms with Gasteiger partial charge in [0.2, 0.25) is 5.95 Å². The summed E-state index contributed by atoms with van der Waals surface area (Å²) in [5.74, 6) is 0.705. The van der Waals surface area contributed by atoms with E-state index in [0.29, 0.717) is 5.95 Å². The van der Waals surface area contributed by atoms with Gasteiger partial charge >= 0.3 is 0 Å². The Balaban J connectivity index is 1.57. The summed E-state index contributed by atoms with van der Waals surface area (Å²) >= 11 is 0. The second-order valence-electron chi connectivity index (χ2n) is 10.7. The SMILES string of the molecule is CC1(C)c2ccccc2-c2c1c1c3ccccc3ccc1n2-c1nc(-c2ccccc2)c2ccccc2n1. The van der Waals surface area contributed by atoms with E-state index < -0.39 is 0 Å². The molecule has 0 saturated heterocycles. The summed E-state index contributed by atoms with van der Waals surface area (Å²) in [5.41, 5.74) is 9.13. The molecule has 180 valence electrons. The van der Waals surface area contributed by atoms with E-state index in [4.69, 9.17) is 9.97 Å². The Morgan fingerprint density at radius 3 is 2.21 bits per heavy atom. The van der Waals surface area contributed by atoms with Crippen molar-refractivity contribution in [2.24, 2.45) is 0 Å². The minimum Gasteiger partial charge on any atom is -0.278 e. The van der Waals surface area contributed by atoms with E-state index in [0.717, 1.165) is 27.7 Å². The van der Waals surface area contributed by atoms with E-state index in [2.05, 4.69) is 128 Å². The summed E-state index contributed by atoms with van der Waals surface area (Å²) in [6, 6.07) is 40.7. The molecule has 38 heavy (non-hydrogen) atoms. The van der Waals surface area contributed by atoms with Crippen LogP contribution in [-0.2, 0) is 5.41 Å². The van der Waals surface area contributed by atoms with Crippen LogP contribution in [0, 0.1) is 0 Å². The predicted octanol–water partition coefficient (Wildman–Crippen LogP) is 8.70. The quantitative estimate of drug-likeness (QED) is 0.244. The number of hydrogen-bond acceptors (Lipinski definition) is 2. The Labute approximate surface area is 221 Å². The van der Waals surface area contributed by atoms with Gasteiger partial charge < -0.3 is 0 Å². The fourth-order valence-corrected chi connectivity index (χ4v) is 6.48. The zero-order valence-electron chi connectivity index (χ0n) is 21.3. The van der Waals surface area contributed by atoms with Crippen molar-refractivity contribution in [2.45, 2.75) is 19.3 Å². The number of fused-ring (bicyclic) bond motifs is 8. The van der Waals surface area contributed by atoms with Gasteiger partial charge in [-0.3, -0.25) is 4.57 Å². The molecule has 0 N–H and O–H groups in total. The summed E-state index contributed by atoms with van der Waals surface area (Å²) in [6.45, 7) is 4.69. The predicted molar refractivity (Wildman–Crippen MR) is 157 cm³/mol. The van der Waals surface area contributed by atoms with Gasteiger partial charge in [-0.25, -0.2) is 9.97 Å². The maximum absolute atomic E-state index is 5.29. The lowest BCUT2D eigenvalue weighted by atomic mass is 9.81. The Morgan fingerprint density at radius 2 is 1.34 bits per heavy atom. The molecule has 3 heteroatoms. The number of para-hydroxylation sites is 1. The van der Waals surface area contributed by atoms with Gasteiger partial charge in [0.25, 0.3) is 0 Å². The number of aromatic nitrogens is 3. The Kier molecular flexibility index (Phi) is 4.28. The number of nitrogens with zero attached hydrogens (tertiary/aromatic N) is 3. The molecular formula is C35H25N3. The van der Waals surface area contributed by atoms with E-state index in [-0.39, 0.29) is 5.41 Å². The largest absolute Gasteiger partial charge is 0.278 e. The van der Waals surface area contributed by atoms with Crippen LogP contribution < -0.4 is 0 Å². The summed E-state index contributed by atoms with van der Waals surface area (Å²) < 4.78 is 2.31. The van der Waals surface area contributed by atoms with Crippen LogP contribution >= 0.6 is 0 Å². The molecule has 0 atom stereocenters. The second kappa shape index (κ2) is 7.62. The van der Waals surface area contributed by atoms with Crippen molar-refractivity contribution in [1.82, 2.24) is 14.5 Å². The first-order chi connectivity index (χ1) is 18.6. The zero-order valence-corrected chi connectivity index (χ0v) is 21.3. The van der Waals surface area contributed by atoms with Crippen LogP contribution in [0.15, 0.2) is 115 Å². The van der Waals surface area contributed by atoms with Crippen molar-refractivity contribution in [1.29, 1.82) is 0 Å². The van der Waals surface area contributed by atoms with Crippen molar-refractivity contribution >= 4 is 32.6 Å². The fraction of sp³-hybridized carbons (Fsp3) is 0.0857. The second-order valence-corrected chi connectivity index (χ2v) is 10.7. The maximum atomic E-state index is 5.29. The van der Waals surface area contributed by atoms with Crippen LogP contribution in [-0.4, -0.2) is 14.5 Å². The molecule has 0 unspecified atom stereocenters. The summed E-state index contributed by atoms with van der Waals surface area (Å²) in [7, 11) is 0. The molecule has 2 heterocycles. The molecule has 2 aromatic heterocycles. The lowest BCUT2D eigenvalue weighted by Crippen LogP contribution is -2.14. The molecule has 0 radical (unpaired) electrons. The lowest BCUT2D eigenvalue weighted by Gasteiger charge is -2.21. The molecule has 3 nitrogen and oxygen atoms in total. The number of hydrogen-bond donors (Lipinski definition) is 0. The van der Waals surface area contributed by atoms with Gasteiger partial charge in [0.1, 0.15) is 0 Å². The summed E-state index contributed by atoms with van der Waals surface area (Å²) in [6.07, 6.45) is 0.